The lowest BCUT2D eigenvalue weighted by Gasteiger charge is -2.11. The van der Waals surface area contributed by atoms with E-state index in [1.807, 2.05) is 6.07 Å². The first kappa shape index (κ1) is 12.2. The quantitative estimate of drug-likeness (QED) is 0.733. The van der Waals surface area contributed by atoms with Crippen LogP contribution < -0.4 is 4.74 Å². The number of hydrogen-bond acceptors (Lipinski definition) is 3. The highest BCUT2D eigenvalue weighted by Gasteiger charge is 2.14. The first-order valence-corrected chi connectivity index (χ1v) is 4.85. The SMILES string of the molecule is COc1c(F)cc(C(C)CC=O)cc1C#N. The smallest absolute Gasteiger partial charge is 0.172 e. The number of methoxy groups -OCH3 is 1. The third kappa shape index (κ3) is 2.37. The van der Waals surface area contributed by atoms with Crippen LogP contribution in [-0.4, -0.2) is 13.4 Å². The third-order valence-electron chi connectivity index (χ3n) is 2.41. The van der Waals surface area contributed by atoms with Crippen molar-refractivity contribution in [2.24, 2.45) is 0 Å². The summed E-state index contributed by atoms with van der Waals surface area (Å²) in [6.45, 7) is 1.80. The Morgan fingerprint density at radius 2 is 2.31 bits per heavy atom. The van der Waals surface area contributed by atoms with Crippen molar-refractivity contribution < 1.29 is 13.9 Å². The lowest BCUT2D eigenvalue weighted by Crippen LogP contribution is -1.99. The maximum absolute atomic E-state index is 13.5. The summed E-state index contributed by atoms with van der Waals surface area (Å²) in [5, 5.41) is 8.84. The molecule has 0 bridgehead atoms. The van der Waals surface area contributed by atoms with Crippen LogP contribution in [0.5, 0.6) is 5.75 Å². The van der Waals surface area contributed by atoms with Gasteiger partial charge in [0.15, 0.2) is 11.6 Å². The molecule has 1 rings (SSSR count). The Balaban J connectivity index is 3.21. The van der Waals surface area contributed by atoms with E-state index >= 15 is 0 Å². The fraction of sp³-hybridized carbons (Fsp3) is 0.333. The van der Waals surface area contributed by atoms with Crippen molar-refractivity contribution in [1.29, 1.82) is 5.26 Å². The van der Waals surface area contributed by atoms with E-state index in [-0.39, 0.29) is 17.2 Å². The number of carbonyl (C=O) groups excluding carboxylic acids is 1. The van der Waals surface area contributed by atoms with Gasteiger partial charge in [0.25, 0.3) is 0 Å². The van der Waals surface area contributed by atoms with Gasteiger partial charge in [-0.25, -0.2) is 4.39 Å². The van der Waals surface area contributed by atoms with Crippen LogP contribution in [0.4, 0.5) is 4.39 Å². The Hall–Kier alpha value is -1.89. The molecule has 0 aliphatic rings. The maximum Gasteiger partial charge on any atom is 0.172 e. The number of ether oxygens (including phenoxy) is 1. The molecule has 1 unspecified atom stereocenters. The van der Waals surface area contributed by atoms with Crippen LogP contribution in [0, 0.1) is 17.1 Å². The van der Waals surface area contributed by atoms with E-state index in [0.717, 1.165) is 6.29 Å². The fourth-order valence-corrected chi connectivity index (χ4v) is 1.47. The van der Waals surface area contributed by atoms with Gasteiger partial charge in [-0.2, -0.15) is 5.26 Å². The molecule has 0 aromatic heterocycles. The molecule has 0 spiro atoms. The van der Waals surface area contributed by atoms with Gasteiger partial charge < -0.3 is 9.53 Å². The molecule has 1 aromatic rings. The van der Waals surface area contributed by atoms with E-state index in [1.165, 1.54) is 13.2 Å². The number of nitriles is 1. The van der Waals surface area contributed by atoms with Crippen molar-refractivity contribution in [3.8, 4) is 11.8 Å². The van der Waals surface area contributed by atoms with Gasteiger partial charge in [-0.1, -0.05) is 6.92 Å². The third-order valence-corrected chi connectivity index (χ3v) is 2.41. The summed E-state index contributed by atoms with van der Waals surface area (Å²) in [5.41, 5.74) is 0.775. The summed E-state index contributed by atoms with van der Waals surface area (Å²) in [6, 6.07) is 4.72. The number of nitrogens with zero attached hydrogens (tertiary/aromatic N) is 1. The number of hydrogen-bond donors (Lipinski definition) is 0. The van der Waals surface area contributed by atoms with Gasteiger partial charge in [-0.15, -0.1) is 0 Å². The van der Waals surface area contributed by atoms with Crippen molar-refractivity contribution >= 4 is 6.29 Å². The Labute approximate surface area is 93.5 Å². The molecule has 84 valence electrons. The van der Waals surface area contributed by atoms with Crippen molar-refractivity contribution in [2.45, 2.75) is 19.3 Å². The average Bonchev–Trinajstić information content (AvgIpc) is 2.28. The van der Waals surface area contributed by atoms with E-state index in [1.54, 1.807) is 13.0 Å². The topological polar surface area (TPSA) is 50.1 Å². The zero-order chi connectivity index (χ0) is 12.1. The monoisotopic (exact) mass is 221 g/mol. The standard InChI is InChI=1S/C12H12FNO2/c1-8(3-4-15)9-5-10(7-14)12(16-2)11(13)6-9/h4-6,8H,3H2,1-2H3. The highest BCUT2D eigenvalue weighted by atomic mass is 19.1. The summed E-state index contributed by atoms with van der Waals surface area (Å²) >= 11 is 0. The molecule has 4 heteroatoms. The van der Waals surface area contributed by atoms with Gasteiger partial charge in [0, 0.05) is 6.42 Å². The second-order valence-electron chi connectivity index (χ2n) is 3.50. The highest BCUT2D eigenvalue weighted by molar-refractivity contribution is 5.53. The van der Waals surface area contributed by atoms with E-state index in [2.05, 4.69) is 0 Å². The molecule has 1 aromatic carbocycles. The first-order chi connectivity index (χ1) is 7.63. The van der Waals surface area contributed by atoms with Gasteiger partial charge in [-0.3, -0.25) is 0 Å². The molecule has 0 saturated heterocycles. The van der Waals surface area contributed by atoms with Gasteiger partial charge in [0.05, 0.1) is 12.7 Å². The van der Waals surface area contributed by atoms with Crippen LogP contribution in [0.1, 0.15) is 30.4 Å². The number of halogens is 1. The molecular formula is C12H12FNO2. The van der Waals surface area contributed by atoms with Crippen LogP contribution in [-0.2, 0) is 4.79 Å². The normalized spacial score (nSPS) is 11.6. The number of rotatable bonds is 4. The fourth-order valence-electron chi connectivity index (χ4n) is 1.47. The molecule has 3 nitrogen and oxygen atoms in total. The summed E-state index contributed by atoms with van der Waals surface area (Å²) in [4.78, 5) is 10.4. The minimum absolute atomic E-state index is 0.0513. The second kappa shape index (κ2) is 5.26. The molecule has 0 fully saturated rings. The van der Waals surface area contributed by atoms with Crippen molar-refractivity contribution in [2.75, 3.05) is 7.11 Å². The van der Waals surface area contributed by atoms with Crippen molar-refractivity contribution in [3.05, 3.63) is 29.1 Å². The number of aldehydes is 1. The van der Waals surface area contributed by atoms with Gasteiger partial charge in [0.2, 0.25) is 0 Å². The molecule has 16 heavy (non-hydrogen) atoms. The van der Waals surface area contributed by atoms with Crippen LogP contribution >= 0.6 is 0 Å². The highest BCUT2D eigenvalue weighted by Crippen LogP contribution is 2.28. The summed E-state index contributed by atoms with van der Waals surface area (Å²) in [6.07, 6.45) is 1.08. The van der Waals surface area contributed by atoms with Crippen molar-refractivity contribution in [3.63, 3.8) is 0 Å². The molecule has 1 atom stereocenters. The Morgan fingerprint density at radius 3 is 2.81 bits per heavy atom. The summed E-state index contributed by atoms with van der Waals surface area (Å²) in [5.74, 6) is -0.733. The van der Waals surface area contributed by atoms with Crippen molar-refractivity contribution in [1.82, 2.24) is 0 Å². The first-order valence-electron chi connectivity index (χ1n) is 4.85. The second-order valence-corrected chi connectivity index (χ2v) is 3.50. The predicted octanol–water partition coefficient (Wildman–Crippen LogP) is 2.40. The molecule has 0 aliphatic heterocycles. The van der Waals surface area contributed by atoms with Crippen LogP contribution in [0.25, 0.3) is 0 Å². The van der Waals surface area contributed by atoms with Crippen LogP contribution in [0.15, 0.2) is 12.1 Å². The van der Waals surface area contributed by atoms with Crippen LogP contribution in [0.2, 0.25) is 0 Å². The molecule has 0 amide bonds. The molecule has 0 heterocycles. The molecule has 0 aliphatic carbocycles. The Kier molecular flexibility index (Phi) is 4.01. The minimum Gasteiger partial charge on any atom is -0.492 e. The summed E-state index contributed by atoms with van der Waals surface area (Å²) in [7, 11) is 1.31. The van der Waals surface area contributed by atoms with Gasteiger partial charge in [-0.05, 0) is 23.6 Å². The average molecular weight is 221 g/mol. The lowest BCUT2D eigenvalue weighted by molar-refractivity contribution is -0.108. The Bertz CT molecular complexity index is 437. The number of benzene rings is 1. The number of carbonyl (C=O) groups is 1. The predicted molar refractivity (Wildman–Crippen MR) is 56.8 cm³/mol. The lowest BCUT2D eigenvalue weighted by atomic mass is 9.96. The van der Waals surface area contributed by atoms with E-state index in [9.17, 15) is 9.18 Å². The van der Waals surface area contributed by atoms with Gasteiger partial charge in [0.1, 0.15) is 12.4 Å². The summed E-state index contributed by atoms with van der Waals surface area (Å²) < 4.78 is 18.3. The van der Waals surface area contributed by atoms with Crippen LogP contribution in [0.3, 0.4) is 0 Å². The minimum atomic E-state index is -0.575. The zero-order valence-corrected chi connectivity index (χ0v) is 9.16. The largest absolute Gasteiger partial charge is 0.492 e. The molecule has 0 N–H and O–H groups in total. The van der Waals surface area contributed by atoms with Gasteiger partial charge >= 0.3 is 0 Å². The van der Waals surface area contributed by atoms with E-state index in [4.69, 9.17) is 10.00 Å². The Morgan fingerprint density at radius 1 is 1.62 bits per heavy atom. The maximum atomic E-state index is 13.5. The van der Waals surface area contributed by atoms with E-state index in [0.29, 0.717) is 12.0 Å². The zero-order valence-electron chi connectivity index (χ0n) is 9.16. The van der Waals surface area contributed by atoms with E-state index < -0.39 is 5.82 Å². The molecular weight excluding hydrogens is 209 g/mol. The molecule has 0 saturated carbocycles. The molecule has 0 radical (unpaired) electrons.